The van der Waals surface area contributed by atoms with Crippen molar-refractivity contribution < 1.29 is 19.1 Å². The zero-order valence-corrected chi connectivity index (χ0v) is 11.9. The van der Waals surface area contributed by atoms with Gasteiger partial charge in [-0.2, -0.15) is 0 Å². The largest absolute Gasteiger partial charge is 0.469 e. The van der Waals surface area contributed by atoms with Gasteiger partial charge in [-0.15, -0.1) is 0 Å². The number of esters is 2. The molecule has 1 aliphatic carbocycles. The minimum absolute atomic E-state index is 0.128. The summed E-state index contributed by atoms with van der Waals surface area (Å²) in [5, 5.41) is 0. The van der Waals surface area contributed by atoms with Crippen molar-refractivity contribution in [3.8, 4) is 0 Å². The first-order chi connectivity index (χ1) is 9.08. The Bertz CT molecular complexity index is 393. The van der Waals surface area contributed by atoms with Crippen LogP contribution in [0.1, 0.15) is 46.0 Å². The van der Waals surface area contributed by atoms with Crippen LogP contribution in [-0.4, -0.2) is 19.0 Å². The lowest BCUT2D eigenvalue weighted by atomic mass is 9.95. The van der Waals surface area contributed by atoms with Gasteiger partial charge in [-0.25, -0.2) is 0 Å². The van der Waals surface area contributed by atoms with E-state index in [1.165, 1.54) is 14.0 Å². The molecule has 0 heterocycles. The summed E-state index contributed by atoms with van der Waals surface area (Å²) in [6.45, 7) is 3.47. The normalized spacial score (nSPS) is 19.0. The van der Waals surface area contributed by atoms with Gasteiger partial charge in [0.25, 0.3) is 0 Å². The number of carbonyl (C=O) groups is 2. The highest BCUT2D eigenvalue weighted by Gasteiger charge is 2.28. The lowest BCUT2D eigenvalue weighted by molar-refractivity contribution is -0.141. The van der Waals surface area contributed by atoms with Crippen LogP contribution in [0, 0.1) is 5.92 Å². The van der Waals surface area contributed by atoms with E-state index < -0.39 is 0 Å². The van der Waals surface area contributed by atoms with Gasteiger partial charge < -0.3 is 9.47 Å². The molecule has 0 radical (unpaired) electrons. The van der Waals surface area contributed by atoms with Crippen LogP contribution in [-0.2, 0) is 19.1 Å². The predicted molar refractivity (Wildman–Crippen MR) is 72.2 cm³/mol. The molecule has 0 aromatic rings. The number of ether oxygens (including phenoxy) is 2. The fourth-order valence-electron chi connectivity index (χ4n) is 2.33. The number of hydrogen-bond donors (Lipinski definition) is 0. The maximum Gasteiger partial charge on any atom is 0.307 e. The van der Waals surface area contributed by atoms with Crippen LogP contribution in [0.5, 0.6) is 0 Å². The lowest BCUT2D eigenvalue weighted by Gasteiger charge is -2.12. The third-order valence-electron chi connectivity index (χ3n) is 3.22. The van der Waals surface area contributed by atoms with Gasteiger partial charge in [0.15, 0.2) is 0 Å². The summed E-state index contributed by atoms with van der Waals surface area (Å²) in [6, 6.07) is 0. The average Bonchev–Trinajstić information content (AvgIpc) is 2.72. The van der Waals surface area contributed by atoms with Crippen molar-refractivity contribution in [2.75, 3.05) is 7.11 Å². The first-order valence-electron chi connectivity index (χ1n) is 6.70. The van der Waals surface area contributed by atoms with Crippen molar-refractivity contribution in [3.63, 3.8) is 0 Å². The molecule has 0 aliphatic heterocycles. The Kier molecular flexibility index (Phi) is 6.33. The van der Waals surface area contributed by atoms with Gasteiger partial charge in [-0.3, -0.25) is 9.59 Å². The quantitative estimate of drug-likeness (QED) is 0.547. The van der Waals surface area contributed by atoms with Crippen LogP contribution < -0.4 is 0 Å². The van der Waals surface area contributed by atoms with Crippen LogP contribution in [0.3, 0.4) is 0 Å². The minimum Gasteiger partial charge on any atom is -0.469 e. The summed E-state index contributed by atoms with van der Waals surface area (Å²) in [5.74, 6) is 0.349. The van der Waals surface area contributed by atoms with Crippen LogP contribution in [0.25, 0.3) is 0 Å². The van der Waals surface area contributed by atoms with Crippen molar-refractivity contribution >= 4 is 11.9 Å². The zero-order valence-electron chi connectivity index (χ0n) is 11.9. The highest BCUT2D eigenvalue weighted by molar-refractivity contribution is 5.70. The molecular formula is C15H22O4. The predicted octanol–water partition coefficient (Wildman–Crippen LogP) is 3.13. The molecule has 0 amide bonds. The van der Waals surface area contributed by atoms with Crippen LogP contribution in [0.15, 0.2) is 23.5 Å². The van der Waals surface area contributed by atoms with E-state index >= 15 is 0 Å². The summed E-state index contributed by atoms with van der Waals surface area (Å²) in [4.78, 5) is 22.5. The lowest BCUT2D eigenvalue weighted by Crippen LogP contribution is -2.10. The average molecular weight is 266 g/mol. The molecule has 0 saturated heterocycles. The van der Waals surface area contributed by atoms with Crippen molar-refractivity contribution in [1.82, 2.24) is 0 Å². The highest BCUT2D eigenvalue weighted by atomic mass is 16.5. The molecule has 1 atom stereocenters. The summed E-state index contributed by atoms with van der Waals surface area (Å²) < 4.78 is 9.97. The maximum absolute atomic E-state index is 11.4. The molecule has 0 bridgehead atoms. The van der Waals surface area contributed by atoms with Gasteiger partial charge in [-0.05, 0) is 30.8 Å². The number of carbonyl (C=O) groups excluding carboxylic acids is 2. The SMILES string of the molecule is CC/C=C\CC1=C(OC(C)=O)CCC1CC(=O)OC. The smallest absolute Gasteiger partial charge is 0.307 e. The second-order valence-corrected chi connectivity index (χ2v) is 4.64. The van der Waals surface area contributed by atoms with E-state index in [1.54, 1.807) is 0 Å². The first-order valence-corrected chi connectivity index (χ1v) is 6.70. The fraction of sp³-hybridized carbons (Fsp3) is 0.600. The van der Waals surface area contributed by atoms with Crippen molar-refractivity contribution in [2.45, 2.75) is 46.0 Å². The summed E-state index contributed by atoms with van der Waals surface area (Å²) in [6.07, 6.45) is 7.76. The van der Waals surface area contributed by atoms with Crippen LogP contribution >= 0.6 is 0 Å². The van der Waals surface area contributed by atoms with E-state index in [9.17, 15) is 9.59 Å². The standard InChI is InChI=1S/C15H22O4/c1-4-5-6-7-13-12(10-15(17)18-3)8-9-14(13)19-11(2)16/h5-6,12H,4,7-10H2,1-3H3/b6-5-. The Labute approximate surface area is 114 Å². The Balaban J connectivity index is 2.80. The topological polar surface area (TPSA) is 52.6 Å². The van der Waals surface area contributed by atoms with Crippen molar-refractivity contribution in [2.24, 2.45) is 5.92 Å². The van der Waals surface area contributed by atoms with E-state index in [0.29, 0.717) is 6.42 Å². The number of hydrogen-bond acceptors (Lipinski definition) is 4. The number of allylic oxidation sites excluding steroid dienone is 4. The van der Waals surface area contributed by atoms with Crippen molar-refractivity contribution in [1.29, 1.82) is 0 Å². The molecule has 0 aromatic heterocycles. The monoisotopic (exact) mass is 266 g/mol. The molecule has 4 heteroatoms. The van der Waals surface area contributed by atoms with E-state index in [1.807, 2.05) is 0 Å². The Morgan fingerprint density at radius 3 is 2.68 bits per heavy atom. The van der Waals surface area contributed by atoms with Crippen LogP contribution in [0.2, 0.25) is 0 Å². The molecule has 0 fully saturated rings. The Morgan fingerprint density at radius 2 is 2.11 bits per heavy atom. The van der Waals surface area contributed by atoms with E-state index in [-0.39, 0.29) is 17.9 Å². The molecule has 106 valence electrons. The highest BCUT2D eigenvalue weighted by Crippen LogP contribution is 2.37. The molecule has 0 saturated carbocycles. The molecule has 0 aromatic carbocycles. The summed E-state index contributed by atoms with van der Waals surface area (Å²) in [5.41, 5.74) is 1.06. The van der Waals surface area contributed by atoms with Gasteiger partial charge in [0.05, 0.1) is 13.5 Å². The molecule has 1 unspecified atom stereocenters. The Morgan fingerprint density at radius 1 is 1.37 bits per heavy atom. The number of rotatable bonds is 6. The van der Waals surface area contributed by atoms with Gasteiger partial charge in [-0.1, -0.05) is 19.1 Å². The first kappa shape index (κ1) is 15.5. The summed E-state index contributed by atoms with van der Waals surface area (Å²) >= 11 is 0. The summed E-state index contributed by atoms with van der Waals surface area (Å²) in [7, 11) is 1.39. The van der Waals surface area contributed by atoms with Gasteiger partial charge in [0.1, 0.15) is 5.76 Å². The van der Waals surface area contributed by atoms with Gasteiger partial charge in [0.2, 0.25) is 0 Å². The van der Waals surface area contributed by atoms with Gasteiger partial charge in [0, 0.05) is 13.3 Å². The number of methoxy groups -OCH3 is 1. The molecular weight excluding hydrogens is 244 g/mol. The minimum atomic E-state index is -0.300. The van der Waals surface area contributed by atoms with Crippen molar-refractivity contribution in [3.05, 3.63) is 23.5 Å². The second kappa shape index (κ2) is 7.77. The van der Waals surface area contributed by atoms with Gasteiger partial charge >= 0.3 is 11.9 Å². The fourth-order valence-corrected chi connectivity index (χ4v) is 2.33. The Hall–Kier alpha value is -1.58. The van der Waals surface area contributed by atoms with E-state index in [0.717, 1.165) is 37.0 Å². The molecule has 0 spiro atoms. The second-order valence-electron chi connectivity index (χ2n) is 4.64. The molecule has 4 nitrogen and oxygen atoms in total. The molecule has 0 N–H and O–H groups in total. The third-order valence-corrected chi connectivity index (χ3v) is 3.22. The maximum atomic E-state index is 11.4. The molecule has 19 heavy (non-hydrogen) atoms. The molecule has 1 aliphatic rings. The molecule has 1 rings (SSSR count). The van der Waals surface area contributed by atoms with Crippen LogP contribution in [0.4, 0.5) is 0 Å². The van der Waals surface area contributed by atoms with E-state index in [4.69, 9.17) is 9.47 Å². The zero-order chi connectivity index (χ0) is 14.3. The third kappa shape index (κ3) is 4.89. The van der Waals surface area contributed by atoms with E-state index in [2.05, 4.69) is 19.1 Å².